The number of amides is 2. The lowest BCUT2D eigenvalue weighted by Crippen LogP contribution is -2.48. The zero-order valence-corrected chi connectivity index (χ0v) is 14.5. The van der Waals surface area contributed by atoms with Gasteiger partial charge in [-0.15, -0.1) is 0 Å². The van der Waals surface area contributed by atoms with Crippen LogP contribution in [0.1, 0.15) is 37.2 Å². The Morgan fingerprint density at radius 1 is 1.21 bits per heavy atom. The first-order chi connectivity index (χ1) is 11.6. The van der Waals surface area contributed by atoms with Crippen molar-refractivity contribution in [3.8, 4) is 11.5 Å². The second-order valence-electron chi connectivity index (χ2n) is 7.50. The van der Waals surface area contributed by atoms with E-state index in [9.17, 15) is 4.79 Å². The number of ether oxygens (including phenoxy) is 2. The highest BCUT2D eigenvalue weighted by Crippen LogP contribution is 2.47. The highest BCUT2D eigenvalue weighted by atomic mass is 16.5. The van der Waals surface area contributed by atoms with Crippen molar-refractivity contribution in [3.63, 3.8) is 0 Å². The van der Waals surface area contributed by atoms with E-state index in [-0.39, 0.29) is 11.9 Å². The van der Waals surface area contributed by atoms with Gasteiger partial charge < -0.3 is 19.7 Å². The van der Waals surface area contributed by atoms with E-state index in [2.05, 4.69) is 17.4 Å². The number of hydrogen-bond donors (Lipinski definition) is 1. The molecule has 4 unspecified atom stereocenters. The molecule has 0 aromatic heterocycles. The fourth-order valence-corrected chi connectivity index (χ4v) is 4.58. The minimum Gasteiger partial charge on any atom is -0.493 e. The summed E-state index contributed by atoms with van der Waals surface area (Å²) < 4.78 is 11.9. The molecular weight excluding hydrogens is 304 g/mol. The highest BCUT2D eigenvalue weighted by molar-refractivity contribution is 5.75. The van der Waals surface area contributed by atoms with Gasteiger partial charge in [0, 0.05) is 26.1 Å². The van der Waals surface area contributed by atoms with Gasteiger partial charge in [-0.05, 0) is 55.2 Å². The summed E-state index contributed by atoms with van der Waals surface area (Å²) in [5.74, 6) is 3.50. The molecule has 5 nitrogen and oxygen atoms in total. The molecule has 0 radical (unpaired) electrons. The van der Waals surface area contributed by atoms with Crippen LogP contribution in [-0.2, 0) is 0 Å². The molecule has 1 N–H and O–H groups in total. The van der Waals surface area contributed by atoms with Crippen molar-refractivity contribution in [2.45, 2.75) is 37.7 Å². The Balaban J connectivity index is 1.53. The summed E-state index contributed by atoms with van der Waals surface area (Å²) in [4.78, 5) is 13.3. The van der Waals surface area contributed by atoms with Crippen molar-refractivity contribution in [1.82, 2.24) is 10.2 Å². The number of likely N-dealkylation sites (N-methyl/N-ethyl adjacent to an activating group) is 1. The van der Waals surface area contributed by atoms with Gasteiger partial charge in [0.2, 0.25) is 0 Å². The van der Waals surface area contributed by atoms with Gasteiger partial charge in [0.05, 0.1) is 7.11 Å². The van der Waals surface area contributed by atoms with Gasteiger partial charge in [-0.3, -0.25) is 0 Å². The molecule has 1 heterocycles. The molecule has 1 saturated heterocycles. The average molecular weight is 330 g/mol. The summed E-state index contributed by atoms with van der Waals surface area (Å²) in [5, 5.41) is 2.94. The van der Waals surface area contributed by atoms with E-state index < -0.39 is 0 Å². The molecule has 0 spiro atoms. The number of nitrogens with zero attached hydrogens (tertiary/aromatic N) is 1. The maximum Gasteiger partial charge on any atom is 0.317 e. The average Bonchev–Trinajstić information content (AvgIpc) is 3.20. The molecule has 4 rings (SSSR count). The smallest absolute Gasteiger partial charge is 0.317 e. The van der Waals surface area contributed by atoms with E-state index in [1.165, 1.54) is 31.2 Å². The number of carbonyl (C=O) groups is 1. The third-order valence-corrected chi connectivity index (χ3v) is 5.95. The first-order valence-corrected chi connectivity index (χ1v) is 8.97. The number of urea groups is 1. The Morgan fingerprint density at radius 2 is 2.08 bits per heavy atom. The highest BCUT2D eigenvalue weighted by Gasteiger charge is 2.41. The Bertz CT molecular complexity index is 633. The van der Waals surface area contributed by atoms with Crippen LogP contribution in [0.3, 0.4) is 0 Å². The first-order valence-electron chi connectivity index (χ1n) is 8.97. The third-order valence-electron chi connectivity index (χ3n) is 5.95. The Labute approximate surface area is 143 Å². The van der Waals surface area contributed by atoms with E-state index in [4.69, 9.17) is 9.47 Å². The number of hydrogen-bond acceptors (Lipinski definition) is 3. The van der Waals surface area contributed by atoms with Crippen LogP contribution in [0.2, 0.25) is 0 Å². The molecule has 2 amide bonds. The standard InChI is InChI=1S/C19H26N2O3/c1-21-11-15(10-20-19(21)22)13-5-6-16(23-2)18(9-13)24-17-8-12-3-4-14(17)7-12/h5-6,9,12,14-15,17H,3-4,7-8,10-11H2,1-2H3,(H,20,22). The van der Waals surface area contributed by atoms with E-state index in [1.807, 2.05) is 13.1 Å². The number of rotatable bonds is 4. The van der Waals surface area contributed by atoms with Gasteiger partial charge in [0.15, 0.2) is 11.5 Å². The van der Waals surface area contributed by atoms with Crippen molar-refractivity contribution < 1.29 is 14.3 Å². The Hall–Kier alpha value is -1.91. The van der Waals surface area contributed by atoms with Crippen molar-refractivity contribution in [3.05, 3.63) is 23.8 Å². The lowest BCUT2D eigenvalue weighted by molar-refractivity contribution is 0.133. The van der Waals surface area contributed by atoms with Gasteiger partial charge in [-0.2, -0.15) is 0 Å². The number of nitrogens with one attached hydrogen (secondary N) is 1. The quantitative estimate of drug-likeness (QED) is 0.923. The number of benzene rings is 1. The van der Waals surface area contributed by atoms with Gasteiger partial charge in [-0.25, -0.2) is 4.79 Å². The van der Waals surface area contributed by atoms with E-state index in [0.717, 1.165) is 24.0 Å². The maximum absolute atomic E-state index is 11.6. The van der Waals surface area contributed by atoms with E-state index >= 15 is 0 Å². The van der Waals surface area contributed by atoms with E-state index in [1.54, 1.807) is 12.0 Å². The van der Waals surface area contributed by atoms with Crippen LogP contribution in [-0.4, -0.2) is 44.3 Å². The summed E-state index contributed by atoms with van der Waals surface area (Å²) in [6.07, 6.45) is 5.51. The summed E-state index contributed by atoms with van der Waals surface area (Å²) in [6.45, 7) is 1.40. The normalized spacial score (nSPS) is 31.9. The third kappa shape index (κ3) is 2.80. The monoisotopic (exact) mass is 330 g/mol. The minimum atomic E-state index is -0.00165. The number of methoxy groups -OCH3 is 1. The van der Waals surface area contributed by atoms with Gasteiger partial charge >= 0.3 is 6.03 Å². The van der Waals surface area contributed by atoms with Crippen LogP contribution in [0.4, 0.5) is 4.79 Å². The Morgan fingerprint density at radius 3 is 2.75 bits per heavy atom. The zero-order chi connectivity index (χ0) is 16.7. The second kappa shape index (κ2) is 6.19. The summed E-state index contributed by atoms with van der Waals surface area (Å²) in [7, 11) is 3.52. The van der Waals surface area contributed by atoms with Gasteiger partial charge in [-0.1, -0.05) is 6.07 Å². The molecule has 24 heavy (non-hydrogen) atoms. The Kier molecular flexibility index (Phi) is 4.02. The largest absolute Gasteiger partial charge is 0.493 e. The van der Waals surface area contributed by atoms with Crippen LogP contribution in [0.5, 0.6) is 11.5 Å². The van der Waals surface area contributed by atoms with Crippen molar-refractivity contribution in [2.75, 3.05) is 27.2 Å². The van der Waals surface area contributed by atoms with Gasteiger partial charge in [0.25, 0.3) is 0 Å². The van der Waals surface area contributed by atoms with Crippen molar-refractivity contribution in [2.24, 2.45) is 11.8 Å². The molecule has 1 aromatic rings. The SMILES string of the molecule is COc1ccc(C2CNC(=O)N(C)C2)cc1OC1CC2CCC1C2. The molecule has 130 valence electrons. The second-order valence-corrected chi connectivity index (χ2v) is 7.50. The molecule has 2 bridgehead atoms. The van der Waals surface area contributed by atoms with Crippen molar-refractivity contribution in [1.29, 1.82) is 0 Å². The molecule has 2 aliphatic carbocycles. The van der Waals surface area contributed by atoms with Crippen molar-refractivity contribution >= 4 is 6.03 Å². The molecule has 1 aromatic carbocycles. The predicted octanol–water partition coefficient (Wildman–Crippen LogP) is 3.00. The number of carbonyl (C=O) groups excluding carboxylic acids is 1. The molecular formula is C19H26N2O3. The molecule has 3 aliphatic rings. The topological polar surface area (TPSA) is 50.8 Å². The molecule has 3 fully saturated rings. The molecule has 4 atom stereocenters. The van der Waals surface area contributed by atoms with Crippen LogP contribution in [0.25, 0.3) is 0 Å². The van der Waals surface area contributed by atoms with Crippen LogP contribution >= 0.6 is 0 Å². The summed E-state index contributed by atoms with van der Waals surface area (Å²) >= 11 is 0. The van der Waals surface area contributed by atoms with Crippen LogP contribution < -0.4 is 14.8 Å². The minimum absolute atomic E-state index is 0.00165. The summed E-state index contributed by atoms with van der Waals surface area (Å²) in [6, 6.07) is 6.19. The fourth-order valence-electron chi connectivity index (χ4n) is 4.58. The molecule has 1 aliphatic heterocycles. The maximum atomic E-state index is 11.6. The zero-order valence-electron chi connectivity index (χ0n) is 14.5. The predicted molar refractivity (Wildman–Crippen MR) is 91.6 cm³/mol. The first kappa shape index (κ1) is 15.6. The lowest BCUT2D eigenvalue weighted by Gasteiger charge is -2.31. The lowest BCUT2D eigenvalue weighted by atomic mass is 9.96. The molecule has 5 heteroatoms. The van der Waals surface area contributed by atoms with E-state index in [0.29, 0.717) is 18.6 Å². The number of fused-ring (bicyclic) bond motifs is 2. The van der Waals surface area contributed by atoms with Gasteiger partial charge in [0.1, 0.15) is 6.10 Å². The molecule has 2 saturated carbocycles. The van der Waals surface area contributed by atoms with Crippen LogP contribution in [0, 0.1) is 11.8 Å². The fraction of sp³-hybridized carbons (Fsp3) is 0.632. The summed E-state index contributed by atoms with van der Waals surface area (Å²) in [5.41, 5.74) is 1.20. The van der Waals surface area contributed by atoms with Crippen LogP contribution in [0.15, 0.2) is 18.2 Å².